The first kappa shape index (κ1) is 12.8. The van der Waals surface area contributed by atoms with E-state index in [0.717, 1.165) is 19.1 Å². The molecule has 0 aliphatic carbocycles. The van der Waals surface area contributed by atoms with Gasteiger partial charge in [0.15, 0.2) is 0 Å². The molecule has 2 aliphatic heterocycles. The van der Waals surface area contributed by atoms with Crippen LogP contribution in [-0.2, 0) is 4.79 Å². The van der Waals surface area contributed by atoms with E-state index >= 15 is 0 Å². The molecule has 0 bridgehead atoms. The minimum absolute atomic E-state index is 0.165. The third-order valence-corrected chi connectivity index (χ3v) is 3.98. The second-order valence-corrected chi connectivity index (χ2v) is 5.21. The zero-order valence-corrected chi connectivity index (χ0v) is 10.9. The number of nitrogens with zero attached hydrogens (tertiary/aromatic N) is 1. The molecular weight excluding hydrogens is 214 g/mol. The Balaban J connectivity index is 1.62. The molecule has 17 heavy (non-hydrogen) atoms. The highest BCUT2D eigenvalue weighted by Crippen LogP contribution is 2.26. The van der Waals surface area contributed by atoms with E-state index in [1.807, 2.05) is 6.92 Å². The van der Waals surface area contributed by atoms with E-state index in [2.05, 4.69) is 15.5 Å². The van der Waals surface area contributed by atoms with Crippen LogP contribution in [0.5, 0.6) is 0 Å². The lowest BCUT2D eigenvalue weighted by Crippen LogP contribution is -2.46. The van der Waals surface area contributed by atoms with Crippen molar-refractivity contribution in [3.05, 3.63) is 0 Å². The Bertz CT molecular complexity index is 257. The van der Waals surface area contributed by atoms with Crippen molar-refractivity contribution in [2.24, 2.45) is 0 Å². The third-order valence-electron chi connectivity index (χ3n) is 3.98. The molecule has 2 saturated heterocycles. The van der Waals surface area contributed by atoms with Crippen molar-refractivity contribution in [1.82, 2.24) is 15.5 Å². The summed E-state index contributed by atoms with van der Waals surface area (Å²) in [4.78, 5) is 13.9. The number of carbonyl (C=O) groups is 1. The van der Waals surface area contributed by atoms with E-state index in [4.69, 9.17) is 0 Å². The SMILES string of the molecule is CCNC(=O)CCNC1CCN2CCCC2C1. The van der Waals surface area contributed by atoms with Crippen LogP contribution in [0.4, 0.5) is 0 Å². The van der Waals surface area contributed by atoms with Gasteiger partial charge in [0, 0.05) is 31.6 Å². The smallest absolute Gasteiger partial charge is 0.221 e. The first-order valence-corrected chi connectivity index (χ1v) is 7.03. The third kappa shape index (κ3) is 3.68. The fourth-order valence-electron chi connectivity index (χ4n) is 3.09. The molecule has 98 valence electrons. The molecule has 2 N–H and O–H groups in total. The summed E-state index contributed by atoms with van der Waals surface area (Å²) in [5.74, 6) is 0.165. The highest BCUT2D eigenvalue weighted by molar-refractivity contribution is 5.75. The molecule has 2 heterocycles. The monoisotopic (exact) mass is 239 g/mol. The summed E-state index contributed by atoms with van der Waals surface area (Å²) < 4.78 is 0. The highest BCUT2D eigenvalue weighted by atomic mass is 16.1. The second-order valence-electron chi connectivity index (χ2n) is 5.21. The fourth-order valence-corrected chi connectivity index (χ4v) is 3.09. The minimum atomic E-state index is 0.165. The summed E-state index contributed by atoms with van der Waals surface area (Å²) in [7, 11) is 0. The summed E-state index contributed by atoms with van der Waals surface area (Å²) in [6.07, 6.45) is 5.87. The van der Waals surface area contributed by atoms with Gasteiger partial charge in [-0.3, -0.25) is 4.79 Å². The van der Waals surface area contributed by atoms with Crippen LogP contribution >= 0.6 is 0 Å². The lowest BCUT2D eigenvalue weighted by Gasteiger charge is -2.35. The van der Waals surface area contributed by atoms with Gasteiger partial charge in [-0.15, -0.1) is 0 Å². The normalized spacial score (nSPS) is 29.0. The maximum absolute atomic E-state index is 11.3. The molecule has 2 atom stereocenters. The molecule has 2 fully saturated rings. The Labute approximate surface area is 104 Å². The van der Waals surface area contributed by atoms with Crippen LogP contribution in [0.2, 0.25) is 0 Å². The minimum Gasteiger partial charge on any atom is -0.356 e. The number of rotatable bonds is 5. The van der Waals surface area contributed by atoms with E-state index < -0.39 is 0 Å². The molecular formula is C13H25N3O. The molecule has 0 aromatic rings. The predicted octanol–water partition coefficient (Wildman–Crippen LogP) is 0.729. The Hall–Kier alpha value is -0.610. The molecule has 0 radical (unpaired) electrons. The molecule has 2 aliphatic rings. The van der Waals surface area contributed by atoms with Crippen LogP contribution in [0.3, 0.4) is 0 Å². The topological polar surface area (TPSA) is 44.4 Å². The largest absolute Gasteiger partial charge is 0.356 e. The number of carbonyl (C=O) groups excluding carboxylic acids is 1. The van der Waals surface area contributed by atoms with Crippen molar-refractivity contribution in [3.8, 4) is 0 Å². The summed E-state index contributed by atoms with van der Waals surface area (Å²) in [6.45, 7) is 6.06. The van der Waals surface area contributed by atoms with Crippen molar-refractivity contribution in [3.63, 3.8) is 0 Å². The Morgan fingerprint density at radius 2 is 2.24 bits per heavy atom. The number of amides is 1. The Morgan fingerprint density at radius 3 is 3.06 bits per heavy atom. The molecule has 0 saturated carbocycles. The zero-order chi connectivity index (χ0) is 12.1. The molecule has 0 spiro atoms. The van der Waals surface area contributed by atoms with Crippen molar-refractivity contribution in [2.75, 3.05) is 26.2 Å². The predicted molar refractivity (Wildman–Crippen MR) is 68.9 cm³/mol. The fraction of sp³-hybridized carbons (Fsp3) is 0.923. The van der Waals surface area contributed by atoms with E-state index in [9.17, 15) is 4.79 Å². The number of fused-ring (bicyclic) bond motifs is 1. The average Bonchev–Trinajstić information content (AvgIpc) is 2.76. The van der Waals surface area contributed by atoms with Gasteiger partial charge < -0.3 is 15.5 Å². The molecule has 2 rings (SSSR count). The van der Waals surface area contributed by atoms with Gasteiger partial charge in [-0.25, -0.2) is 0 Å². The van der Waals surface area contributed by atoms with Crippen molar-refractivity contribution >= 4 is 5.91 Å². The standard InChI is InChI=1S/C13H25N3O/c1-2-14-13(17)5-7-15-11-6-9-16-8-3-4-12(16)10-11/h11-12,15H,2-10H2,1H3,(H,14,17). The van der Waals surface area contributed by atoms with E-state index in [0.29, 0.717) is 12.5 Å². The molecule has 1 amide bonds. The van der Waals surface area contributed by atoms with Crippen LogP contribution < -0.4 is 10.6 Å². The molecule has 2 unspecified atom stereocenters. The maximum Gasteiger partial charge on any atom is 0.221 e. The van der Waals surface area contributed by atoms with Gasteiger partial charge >= 0.3 is 0 Å². The number of piperidine rings is 1. The summed E-state index contributed by atoms with van der Waals surface area (Å²) in [5.41, 5.74) is 0. The van der Waals surface area contributed by atoms with Gasteiger partial charge in [0.05, 0.1) is 0 Å². The van der Waals surface area contributed by atoms with E-state index in [1.54, 1.807) is 0 Å². The first-order chi connectivity index (χ1) is 8.29. The first-order valence-electron chi connectivity index (χ1n) is 7.03. The maximum atomic E-state index is 11.3. The Morgan fingerprint density at radius 1 is 1.35 bits per heavy atom. The van der Waals surface area contributed by atoms with Crippen molar-refractivity contribution in [1.29, 1.82) is 0 Å². The van der Waals surface area contributed by atoms with Crippen LogP contribution in [0, 0.1) is 0 Å². The van der Waals surface area contributed by atoms with Gasteiger partial charge in [0.25, 0.3) is 0 Å². The molecule has 4 nitrogen and oxygen atoms in total. The molecule has 4 heteroatoms. The summed E-state index contributed by atoms with van der Waals surface area (Å²) in [6, 6.07) is 1.44. The van der Waals surface area contributed by atoms with Gasteiger partial charge in [0.1, 0.15) is 0 Å². The van der Waals surface area contributed by atoms with Crippen LogP contribution in [0.25, 0.3) is 0 Å². The van der Waals surface area contributed by atoms with Gasteiger partial charge in [-0.1, -0.05) is 0 Å². The van der Waals surface area contributed by atoms with Gasteiger partial charge in [-0.2, -0.15) is 0 Å². The molecule has 0 aromatic carbocycles. The Kier molecular flexibility index (Phi) is 4.80. The van der Waals surface area contributed by atoms with Gasteiger partial charge in [0.2, 0.25) is 5.91 Å². The van der Waals surface area contributed by atoms with E-state index in [1.165, 1.54) is 38.8 Å². The zero-order valence-electron chi connectivity index (χ0n) is 10.9. The number of hydrogen-bond acceptors (Lipinski definition) is 3. The van der Waals surface area contributed by atoms with Crippen molar-refractivity contribution in [2.45, 2.75) is 51.1 Å². The quantitative estimate of drug-likeness (QED) is 0.743. The summed E-state index contributed by atoms with van der Waals surface area (Å²) in [5, 5.41) is 6.37. The van der Waals surface area contributed by atoms with Crippen LogP contribution in [-0.4, -0.2) is 49.1 Å². The number of hydrogen-bond donors (Lipinski definition) is 2. The lowest BCUT2D eigenvalue weighted by molar-refractivity contribution is -0.120. The van der Waals surface area contributed by atoms with Crippen molar-refractivity contribution < 1.29 is 4.79 Å². The van der Waals surface area contributed by atoms with E-state index in [-0.39, 0.29) is 5.91 Å². The van der Waals surface area contributed by atoms with Crippen LogP contribution in [0.1, 0.15) is 39.0 Å². The average molecular weight is 239 g/mol. The van der Waals surface area contributed by atoms with Crippen LogP contribution in [0.15, 0.2) is 0 Å². The lowest BCUT2D eigenvalue weighted by atomic mass is 9.97. The second kappa shape index (κ2) is 6.36. The number of nitrogens with one attached hydrogen (secondary N) is 2. The highest BCUT2D eigenvalue weighted by Gasteiger charge is 2.31. The van der Waals surface area contributed by atoms with Gasteiger partial charge in [-0.05, 0) is 45.7 Å². The molecule has 0 aromatic heterocycles. The summed E-state index contributed by atoms with van der Waals surface area (Å²) >= 11 is 0.